The van der Waals surface area contributed by atoms with E-state index < -0.39 is 0 Å². The minimum absolute atomic E-state index is 0.263. The second kappa shape index (κ2) is 7.16. The lowest BCUT2D eigenvalue weighted by molar-refractivity contribution is -0.129. The maximum absolute atomic E-state index is 12.1. The second-order valence-electron chi connectivity index (χ2n) is 4.49. The quantitative estimate of drug-likeness (QED) is 0.903. The lowest BCUT2D eigenvalue weighted by atomic mass is 10.1. The number of nitrogens with two attached hydrogens (primary N) is 1. The van der Waals surface area contributed by atoms with Gasteiger partial charge >= 0.3 is 0 Å². The van der Waals surface area contributed by atoms with E-state index in [1.165, 1.54) is 11.3 Å². The van der Waals surface area contributed by atoms with Crippen LogP contribution in [0.1, 0.15) is 29.4 Å². The van der Waals surface area contributed by atoms with Crippen molar-refractivity contribution in [2.45, 2.75) is 24.5 Å². The summed E-state index contributed by atoms with van der Waals surface area (Å²) in [5.74, 6) is 0.828. The number of thiophene rings is 1. The van der Waals surface area contributed by atoms with Gasteiger partial charge in [-0.15, -0.1) is 23.1 Å². The van der Waals surface area contributed by atoms with Crippen LogP contribution in [0.15, 0.2) is 17.5 Å². The summed E-state index contributed by atoms with van der Waals surface area (Å²) in [7, 11) is 0. The molecule has 2 N–H and O–H groups in total. The Morgan fingerprint density at radius 3 is 2.83 bits per heavy atom. The molecule has 0 spiro atoms. The largest absolute Gasteiger partial charge is 0.342 e. The standard InChI is InChI=1S/C13H20N2OS2/c14-9-12(11-5-4-8-17-11)18-10-13(16)15-6-2-1-3-7-15/h4-5,8,12H,1-3,6-7,9-10,14H2. The second-order valence-corrected chi connectivity index (χ2v) is 6.66. The van der Waals surface area contributed by atoms with E-state index in [2.05, 4.69) is 11.4 Å². The molecule has 1 aliphatic rings. The average Bonchev–Trinajstić information content (AvgIpc) is 2.94. The number of hydrogen-bond donors (Lipinski definition) is 1. The molecule has 0 bridgehead atoms. The molecule has 0 aliphatic carbocycles. The van der Waals surface area contributed by atoms with Gasteiger partial charge in [0.15, 0.2) is 0 Å². The Morgan fingerprint density at radius 2 is 2.22 bits per heavy atom. The number of piperidine rings is 1. The van der Waals surface area contributed by atoms with Crippen molar-refractivity contribution in [2.24, 2.45) is 5.73 Å². The molecule has 1 unspecified atom stereocenters. The summed E-state index contributed by atoms with van der Waals surface area (Å²) in [5, 5.41) is 2.32. The molecule has 1 fully saturated rings. The van der Waals surface area contributed by atoms with E-state index in [1.807, 2.05) is 11.0 Å². The molecule has 1 aromatic rings. The Bertz CT molecular complexity index is 361. The average molecular weight is 284 g/mol. The number of carbonyl (C=O) groups is 1. The summed E-state index contributed by atoms with van der Waals surface area (Å²) in [4.78, 5) is 15.3. The molecular formula is C13H20N2OS2. The van der Waals surface area contributed by atoms with E-state index in [0.717, 1.165) is 25.9 Å². The molecule has 1 aliphatic heterocycles. The molecule has 100 valence electrons. The first-order chi connectivity index (χ1) is 8.81. The predicted molar refractivity (Wildman–Crippen MR) is 79.0 cm³/mol. The fraction of sp³-hybridized carbons (Fsp3) is 0.615. The molecule has 18 heavy (non-hydrogen) atoms. The van der Waals surface area contributed by atoms with Gasteiger partial charge in [0, 0.05) is 24.5 Å². The van der Waals surface area contributed by atoms with Gasteiger partial charge in [-0.25, -0.2) is 0 Å². The van der Waals surface area contributed by atoms with Crippen molar-refractivity contribution in [1.82, 2.24) is 4.90 Å². The van der Waals surface area contributed by atoms with Gasteiger partial charge in [-0.3, -0.25) is 4.79 Å². The zero-order chi connectivity index (χ0) is 12.8. The fourth-order valence-electron chi connectivity index (χ4n) is 2.15. The number of carbonyl (C=O) groups excluding carboxylic acids is 1. The molecule has 1 atom stereocenters. The van der Waals surface area contributed by atoms with Crippen molar-refractivity contribution in [3.63, 3.8) is 0 Å². The lowest BCUT2D eigenvalue weighted by Crippen LogP contribution is -2.37. The molecule has 2 heterocycles. The Kier molecular flexibility index (Phi) is 5.53. The van der Waals surface area contributed by atoms with Gasteiger partial charge in [0.2, 0.25) is 5.91 Å². The number of thioether (sulfide) groups is 1. The SMILES string of the molecule is NCC(SCC(=O)N1CCCCC1)c1cccs1. The van der Waals surface area contributed by atoms with Crippen LogP contribution in [-0.2, 0) is 4.79 Å². The van der Waals surface area contributed by atoms with Crippen molar-refractivity contribution >= 4 is 29.0 Å². The van der Waals surface area contributed by atoms with Crippen molar-refractivity contribution in [3.05, 3.63) is 22.4 Å². The first-order valence-electron chi connectivity index (χ1n) is 6.44. The molecule has 0 saturated carbocycles. The Balaban J connectivity index is 1.80. The summed E-state index contributed by atoms with van der Waals surface area (Å²) in [6.45, 7) is 2.47. The van der Waals surface area contributed by atoms with Gasteiger partial charge in [-0.2, -0.15) is 0 Å². The van der Waals surface area contributed by atoms with Crippen LogP contribution in [0.25, 0.3) is 0 Å². The lowest BCUT2D eigenvalue weighted by Gasteiger charge is -2.27. The van der Waals surface area contributed by atoms with Gasteiger partial charge < -0.3 is 10.6 Å². The third-order valence-corrected chi connectivity index (χ3v) is 5.59. The van der Waals surface area contributed by atoms with Crippen LogP contribution in [0.5, 0.6) is 0 Å². The molecule has 5 heteroatoms. The van der Waals surface area contributed by atoms with Crippen LogP contribution in [0, 0.1) is 0 Å². The molecule has 1 amide bonds. The maximum atomic E-state index is 12.1. The van der Waals surface area contributed by atoms with Crippen LogP contribution >= 0.6 is 23.1 Å². The number of nitrogens with zero attached hydrogens (tertiary/aromatic N) is 1. The van der Waals surface area contributed by atoms with Crippen LogP contribution in [0.2, 0.25) is 0 Å². The van der Waals surface area contributed by atoms with E-state index in [9.17, 15) is 4.79 Å². The molecule has 1 aromatic heterocycles. The smallest absolute Gasteiger partial charge is 0.232 e. The monoisotopic (exact) mass is 284 g/mol. The van der Waals surface area contributed by atoms with E-state index in [4.69, 9.17) is 5.73 Å². The minimum Gasteiger partial charge on any atom is -0.342 e. The van der Waals surface area contributed by atoms with E-state index in [0.29, 0.717) is 12.3 Å². The van der Waals surface area contributed by atoms with Crippen LogP contribution in [-0.4, -0.2) is 36.2 Å². The number of hydrogen-bond acceptors (Lipinski definition) is 4. The van der Waals surface area contributed by atoms with Gasteiger partial charge in [0.25, 0.3) is 0 Å². The zero-order valence-electron chi connectivity index (χ0n) is 10.5. The van der Waals surface area contributed by atoms with E-state index >= 15 is 0 Å². The molecular weight excluding hydrogens is 264 g/mol. The van der Waals surface area contributed by atoms with Gasteiger partial charge in [0.05, 0.1) is 11.0 Å². The van der Waals surface area contributed by atoms with Crippen molar-refractivity contribution in [3.8, 4) is 0 Å². The number of likely N-dealkylation sites (tertiary alicyclic amines) is 1. The highest BCUT2D eigenvalue weighted by Crippen LogP contribution is 2.31. The summed E-state index contributed by atoms with van der Waals surface area (Å²) in [5.41, 5.74) is 5.79. The Morgan fingerprint density at radius 1 is 1.44 bits per heavy atom. The topological polar surface area (TPSA) is 46.3 Å². The normalized spacial score (nSPS) is 17.7. The molecule has 2 rings (SSSR count). The molecule has 0 aromatic carbocycles. The summed E-state index contributed by atoms with van der Waals surface area (Å²) in [6, 6.07) is 4.14. The highest BCUT2D eigenvalue weighted by Gasteiger charge is 2.19. The molecule has 0 radical (unpaired) electrons. The highest BCUT2D eigenvalue weighted by molar-refractivity contribution is 8.00. The zero-order valence-corrected chi connectivity index (χ0v) is 12.1. The number of rotatable bonds is 5. The first kappa shape index (κ1) is 13.9. The van der Waals surface area contributed by atoms with E-state index in [-0.39, 0.29) is 11.2 Å². The van der Waals surface area contributed by atoms with Gasteiger partial charge in [0.1, 0.15) is 0 Å². The van der Waals surface area contributed by atoms with Gasteiger partial charge in [-0.05, 0) is 30.7 Å². The summed E-state index contributed by atoms with van der Waals surface area (Å²) in [6.07, 6.45) is 3.57. The Hall–Kier alpha value is -0.520. The van der Waals surface area contributed by atoms with Crippen molar-refractivity contribution < 1.29 is 4.79 Å². The summed E-state index contributed by atoms with van der Waals surface area (Å²) >= 11 is 3.39. The maximum Gasteiger partial charge on any atom is 0.232 e. The van der Waals surface area contributed by atoms with Crippen LogP contribution < -0.4 is 5.73 Å². The van der Waals surface area contributed by atoms with Crippen LogP contribution in [0.3, 0.4) is 0 Å². The highest BCUT2D eigenvalue weighted by atomic mass is 32.2. The molecule has 3 nitrogen and oxygen atoms in total. The fourth-order valence-corrected chi connectivity index (χ4v) is 4.14. The van der Waals surface area contributed by atoms with Crippen LogP contribution in [0.4, 0.5) is 0 Å². The first-order valence-corrected chi connectivity index (χ1v) is 8.37. The number of amides is 1. The molecule has 1 saturated heterocycles. The minimum atomic E-state index is 0.263. The van der Waals surface area contributed by atoms with Gasteiger partial charge in [-0.1, -0.05) is 6.07 Å². The third-order valence-electron chi connectivity index (χ3n) is 3.19. The van der Waals surface area contributed by atoms with Crippen molar-refractivity contribution in [2.75, 3.05) is 25.4 Å². The Labute approximate surface area is 117 Å². The summed E-state index contributed by atoms with van der Waals surface area (Å²) < 4.78 is 0. The van der Waals surface area contributed by atoms with E-state index in [1.54, 1.807) is 23.1 Å². The van der Waals surface area contributed by atoms with Crippen molar-refractivity contribution in [1.29, 1.82) is 0 Å². The third kappa shape index (κ3) is 3.73. The predicted octanol–water partition coefficient (Wildman–Crippen LogP) is 2.49.